The fourth-order valence-corrected chi connectivity index (χ4v) is 1.99. The van der Waals surface area contributed by atoms with E-state index in [9.17, 15) is 0 Å². The first-order valence-electron chi connectivity index (χ1n) is 5.82. The van der Waals surface area contributed by atoms with Crippen LogP contribution in [0.15, 0.2) is 0 Å². The standard InChI is InChI=1S/C11H24N2O/c1-4-8(3)10(13-12)11(14-5-2)9-6-7-9/h8-11,13H,4-7,12H2,1-3H3. The molecule has 0 spiro atoms. The Kier molecular flexibility index (Phi) is 4.85. The van der Waals surface area contributed by atoms with Gasteiger partial charge < -0.3 is 4.74 Å². The predicted molar refractivity (Wildman–Crippen MR) is 58.7 cm³/mol. The van der Waals surface area contributed by atoms with E-state index in [4.69, 9.17) is 10.6 Å². The van der Waals surface area contributed by atoms with Crippen LogP contribution in [0.2, 0.25) is 0 Å². The highest BCUT2D eigenvalue weighted by atomic mass is 16.5. The highest BCUT2D eigenvalue weighted by molar-refractivity contribution is 4.91. The van der Waals surface area contributed by atoms with Crippen molar-refractivity contribution >= 4 is 0 Å². The summed E-state index contributed by atoms with van der Waals surface area (Å²) in [6, 6.07) is 0.312. The highest BCUT2D eigenvalue weighted by Crippen LogP contribution is 2.37. The zero-order valence-corrected chi connectivity index (χ0v) is 9.62. The molecule has 0 aliphatic heterocycles. The lowest BCUT2D eigenvalue weighted by Gasteiger charge is -2.30. The molecule has 3 atom stereocenters. The summed E-state index contributed by atoms with van der Waals surface area (Å²) in [5.41, 5.74) is 2.93. The van der Waals surface area contributed by atoms with Gasteiger partial charge in [0.05, 0.1) is 12.1 Å². The summed E-state index contributed by atoms with van der Waals surface area (Å²) >= 11 is 0. The van der Waals surface area contributed by atoms with Crippen LogP contribution in [-0.4, -0.2) is 18.8 Å². The Hall–Kier alpha value is -0.120. The van der Waals surface area contributed by atoms with Crippen LogP contribution in [0.5, 0.6) is 0 Å². The van der Waals surface area contributed by atoms with Crippen molar-refractivity contribution in [2.45, 2.75) is 52.2 Å². The Morgan fingerprint density at radius 3 is 2.43 bits per heavy atom. The van der Waals surface area contributed by atoms with Gasteiger partial charge in [-0.3, -0.25) is 11.3 Å². The number of hydrogen-bond donors (Lipinski definition) is 2. The van der Waals surface area contributed by atoms with Crippen LogP contribution < -0.4 is 11.3 Å². The summed E-state index contributed by atoms with van der Waals surface area (Å²) < 4.78 is 5.80. The molecule has 0 bridgehead atoms. The Morgan fingerprint density at radius 2 is 2.07 bits per heavy atom. The lowest BCUT2D eigenvalue weighted by molar-refractivity contribution is 0.00448. The molecule has 0 heterocycles. The monoisotopic (exact) mass is 200 g/mol. The zero-order chi connectivity index (χ0) is 10.6. The molecule has 0 radical (unpaired) electrons. The topological polar surface area (TPSA) is 47.3 Å². The molecule has 84 valence electrons. The Balaban J connectivity index is 2.52. The minimum Gasteiger partial charge on any atom is -0.377 e. The molecule has 1 aliphatic carbocycles. The molecule has 0 aromatic rings. The van der Waals surface area contributed by atoms with Gasteiger partial charge in [0.25, 0.3) is 0 Å². The number of nitrogens with two attached hydrogens (primary N) is 1. The third-order valence-corrected chi connectivity index (χ3v) is 3.25. The van der Waals surface area contributed by atoms with Crippen molar-refractivity contribution < 1.29 is 4.74 Å². The van der Waals surface area contributed by atoms with Gasteiger partial charge in [-0.25, -0.2) is 0 Å². The molecule has 1 rings (SSSR count). The van der Waals surface area contributed by atoms with Crippen molar-refractivity contribution in [3.8, 4) is 0 Å². The molecule has 3 N–H and O–H groups in total. The van der Waals surface area contributed by atoms with Gasteiger partial charge in [0.15, 0.2) is 0 Å². The average Bonchev–Trinajstić information content (AvgIpc) is 3.00. The molecule has 3 nitrogen and oxygen atoms in total. The van der Waals surface area contributed by atoms with Crippen LogP contribution in [0.3, 0.4) is 0 Å². The predicted octanol–water partition coefficient (Wildman–Crippen LogP) is 1.68. The smallest absolute Gasteiger partial charge is 0.0771 e. The molecule has 3 heteroatoms. The van der Waals surface area contributed by atoms with E-state index in [-0.39, 0.29) is 0 Å². The van der Waals surface area contributed by atoms with E-state index < -0.39 is 0 Å². The van der Waals surface area contributed by atoms with Gasteiger partial charge in [-0.05, 0) is 31.6 Å². The van der Waals surface area contributed by atoms with Gasteiger partial charge in [-0.2, -0.15) is 0 Å². The summed E-state index contributed by atoms with van der Waals surface area (Å²) in [5, 5.41) is 0. The molecular weight excluding hydrogens is 176 g/mol. The van der Waals surface area contributed by atoms with Crippen LogP contribution in [0, 0.1) is 11.8 Å². The molecule has 1 aliphatic rings. The average molecular weight is 200 g/mol. The summed E-state index contributed by atoms with van der Waals surface area (Å²) in [6.45, 7) is 7.28. The van der Waals surface area contributed by atoms with Gasteiger partial charge in [-0.1, -0.05) is 20.3 Å². The second-order valence-electron chi connectivity index (χ2n) is 4.34. The van der Waals surface area contributed by atoms with E-state index in [1.54, 1.807) is 0 Å². The van der Waals surface area contributed by atoms with E-state index in [1.165, 1.54) is 12.8 Å². The van der Waals surface area contributed by atoms with Gasteiger partial charge >= 0.3 is 0 Å². The largest absolute Gasteiger partial charge is 0.377 e. The van der Waals surface area contributed by atoms with Crippen molar-refractivity contribution in [3.63, 3.8) is 0 Å². The summed E-state index contributed by atoms with van der Waals surface area (Å²) in [5.74, 6) is 6.94. The second kappa shape index (κ2) is 5.69. The number of hydrogen-bond acceptors (Lipinski definition) is 3. The van der Waals surface area contributed by atoms with Crippen LogP contribution in [0.4, 0.5) is 0 Å². The fraction of sp³-hybridized carbons (Fsp3) is 1.00. The van der Waals surface area contributed by atoms with E-state index in [0.717, 1.165) is 18.9 Å². The minimum atomic E-state index is 0.312. The molecule has 0 aromatic carbocycles. The first-order valence-corrected chi connectivity index (χ1v) is 5.82. The van der Waals surface area contributed by atoms with Crippen molar-refractivity contribution in [2.24, 2.45) is 17.7 Å². The maximum atomic E-state index is 5.80. The first kappa shape index (κ1) is 12.0. The molecule has 0 saturated heterocycles. The minimum absolute atomic E-state index is 0.312. The summed E-state index contributed by atoms with van der Waals surface area (Å²) in [6.07, 6.45) is 4.07. The van der Waals surface area contributed by atoms with E-state index in [2.05, 4.69) is 26.2 Å². The third kappa shape index (κ3) is 2.94. The molecule has 3 unspecified atom stereocenters. The van der Waals surface area contributed by atoms with Gasteiger partial charge in [0, 0.05) is 6.61 Å². The molecule has 14 heavy (non-hydrogen) atoms. The fourth-order valence-electron chi connectivity index (χ4n) is 1.99. The molecule has 1 saturated carbocycles. The first-order chi connectivity index (χ1) is 6.74. The van der Waals surface area contributed by atoms with E-state index >= 15 is 0 Å². The molecule has 0 aromatic heterocycles. The molecular formula is C11H24N2O. The number of rotatable bonds is 7. The molecule has 1 fully saturated rings. The van der Waals surface area contributed by atoms with Crippen molar-refractivity contribution in [1.29, 1.82) is 0 Å². The SMILES string of the molecule is CCOC(C1CC1)C(NN)C(C)CC. The molecule has 0 amide bonds. The highest BCUT2D eigenvalue weighted by Gasteiger charge is 2.38. The quantitative estimate of drug-likeness (QED) is 0.485. The van der Waals surface area contributed by atoms with Crippen molar-refractivity contribution in [1.82, 2.24) is 5.43 Å². The van der Waals surface area contributed by atoms with Crippen LogP contribution >= 0.6 is 0 Å². The van der Waals surface area contributed by atoms with Gasteiger partial charge in [0.1, 0.15) is 0 Å². The number of ether oxygens (including phenoxy) is 1. The van der Waals surface area contributed by atoms with Crippen LogP contribution in [-0.2, 0) is 4.74 Å². The lowest BCUT2D eigenvalue weighted by Crippen LogP contribution is -2.50. The van der Waals surface area contributed by atoms with E-state index in [0.29, 0.717) is 18.1 Å². The zero-order valence-electron chi connectivity index (χ0n) is 9.62. The normalized spacial score (nSPS) is 23.1. The Labute approximate surface area is 87.4 Å². The second-order valence-corrected chi connectivity index (χ2v) is 4.34. The Bertz CT molecular complexity index is 159. The summed E-state index contributed by atoms with van der Waals surface area (Å²) in [7, 11) is 0. The van der Waals surface area contributed by atoms with Crippen molar-refractivity contribution in [3.05, 3.63) is 0 Å². The van der Waals surface area contributed by atoms with Gasteiger partial charge in [0.2, 0.25) is 0 Å². The Morgan fingerprint density at radius 1 is 1.43 bits per heavy atom. The lowest BCUT2D eigenvalue weighted by atomic mass is 9.92. The van der Waals surface area contributed by atoms with Gasteiger partial charge in [-0.15, -0.1) is 0 Å². The van der Waals surface area contributed by atoms with Crippen LogP contribution in [0.25, 0.3) is 0 Å². The maximum Gasteiger partial charge on any atom is 0.0771 e. The summed E-state index contributed by atoms with van der Waals surface area (Å²) in [4.78, 5) is 0. The maximum absolute atomic E-state index is 5.80. The number of nitrogens with one attached hydrogen (secondary N) is 1. The van der Waals surface area contributed by atoms with Crippen LogP contribution in [0.1, 0.15) is 40.0 Å². The third-order valence-electron chi connectivity index (χ3n) is 3.25. The van der Waals surface area contributed by atoms with E-state index in [1.807, 2.05) is 0 Å². The number of hydrazine groups is 1. The van der Waals surface area contributed by atoms with Crippen molar-refractivity contribution in [2.75, 3.05) is 6.61 Å².